The predicted octanol–water partition coefficient (Wildman–Crippen LogP) is 2.54. The Hall–Kier alpha value is -2.22. The van der Waals surface area contributed by atoms with E-state index in [-0.39, 0.29) is 11.8 Å². The SMILES string of the molecule is Cc1cc(N[C@@H]2COC[C@H]2O)nnc1-c1ccc2sccc2c1O. The van der Waals surface area contributed by atoms with Crippen LogP contribution in [0.3, 0.4) is 0 Å². The smallest absolute Gasteiger partial charge is 0.149 e. The number of rotatable bonds is 3. The quantitative estimate of drug-likeness (QED) is 0.677. The number of nitrogens with zero attached hydrogens (tertiary/aromatic N) is 2. The van der Waals surface area contributed by atoms with Crippen molar-refractivity contribution in [1.29, 1.82) is 0 Å². The molecule has 2 atom stereocenters. The van der Waals surface area contributed by atoms with Crippen LogP contribution in [0.4, 0.5) is 5.82 Å². The van der Waals surface area contributed by atoms with Gasteiger partial charge in [-0.2, -0.15) is 0 Å². The molecule has 0 saturated carbocycles. The molecule has 0 unspecified atom stereocenters. The van der Waals surface area contributed by atoms with Crippen LogP contribution in [0.25, 0.3) is 21.3 Å². The molecule has 0 bridgehead atoms. The number of fused-ring (bicyclic) bond motifs is 1. The average molecular weight is 343 g/mol. The van der Waals surface area contributed by atoms with E-state index < -0.39 is 6.10 Å². The Balaban J connectivity index is 1.67. The van der Waals surface area contributed by atoms with Gasteiger partial charge in [-0.25, -0.2) is 0 Å². The molecule has 1 aromatic carbocycles. The molecule has 7 heteroatoms. The van der Waals surface area contributed by atoms with Gasteiger partial charge in [0.05, 0.1) is 31.1 Å². The van der Waals surface area contributed by atoms with Crippen LogP contribution < -0.4 is 5.32 Å². The zero-order valence-corrected chi connectivity index (χ0v) is 13.9. The lowest BCUT2D eigenvalue weighted by atomic mass is 10.0. The number of nitrogens with one attached hydrogen (secondary N) is 1. The Morgan fingerprint density at radius 3 is 2.88 bits per heavy atom. The molecule has 3 N–H and O–H groups in total. The van der Waals surface area contributed by atoms with Crippen LogP contribution in [0, 0.1) is 6.92 Å². The zero-order valence-electron chi connectivity index (χ0n) is 13.1. The highest BCUT2D eigenvalue weighted by molar-refractivity contribution is 7.17. The fourth-order valence-electron chi connectivity index (χ4n) is 2.91. The fourth-order valence-corrected chi connectivity index (χ4v) is 3.70. The topological polar surface area (TPSA) is 87.5 Å². The summed E-state index contributed by atoms with van der Waals surface area (Å²) in [5.41, 5.74) is 2.21. The fraction of sp³-hybridized carbons (Fsp3) is 0.294. The summed E-state index contributed by atoms with van der Waals surface area (Å²) in [6.07, 6.45) is -0.545. The van der Waals surface area contributed by atoms with Gasteiger partial charge >= 0.3 is 0 Å². The molecule has 3 heterocycles. The number of aromatic hydroxyl groups is 1. The largest absolute Gasteiger partial charge is 0.507 e. The van der Waals surface area contributed by atoms with Gasteiger partial charge in [0.2, 0.25) is 0 Å². The molecule has 1 aliphatic heterocycles. The molecule has 1 aliphatic rings. The number of aryl methyl sites for hydroxylation is 1. The van der Waals surface area contributed by atoms with Crippen LogP contribution in [0.2, 0.25) is 0 Å². The Kier molecular flexibility index (Phi) is 3.84. The highest BCUT2D eigenvalue weighted by Gasteiger charge is 2.26. The first-order valence-electron chi connectivity index (χ1n) is 7.69. The molecule has 1 saturated heterocycles. The molecule has 2 aromatic heterocycles. The van der Waals surface area contributed by atoms with E-state index in [1.807, 2.05) is 36.6 Å². The van der Waals surface area contributed by atoms with Crippen molar-refractivity contribution in [3.05, 3.63) is 35.2 Å². The van der Waals surface area contributed by atoms with Gasteiger partial charge in [-0.05, 0) is 42.1 Å². The lowest BCUT2D eigenvalue weighted by Crippen LogP contribution is -2.32. The van der Waals surface area contributed by atoms with E-state index in [0.29, 0.717) is 30.3 Å². The van der Waals surface area contributed by atoms with Gasteiger partial charge < -0.3 is 20.3 Å². The highest BCUT2D eigenvalue weighted by atomic mass is 32.1. The lowest BCUT2D eigenvalue weighted by molar-refractivity contribution is 0.125. The molecule has 3 aromatic rings. The van der Waals surface area contributed by atoms with E-state index in [9.17, 15) is 10.2 Å². The van der Waals surface area contributed by atoms with Crippen LogP contribution in [0.15, 0.2) is 29.6 Å². The van der Waals surface area contributed by atoms with Crippen molar-refractivity contribution in [3.63, 3.8) is 0 Å². The molecule has 0 amide bonds. The van der Waals surface area contributed by atoms with Crippen molar-refractivity contribution in [2.24, 2.45) is 0 Å². The van der Waals surface area contributed by atoms with Gasteiger partial charge in [0.15, 0.2) is 0 Å². The summed E-state index contributed by atoms with van der Waals surface area (Å²) in [6.45, 7) is 2.70. The van der Waals surface area contributed by atoms with Gasteiger partial charge in [0.1, 0.15) is 11.6 Å². The summed E-state index contributed by atoms with van der Waals surface area (Å²) in [6, 6.07) is 7.44. The summed E-state index contributed by atoms with van der Waals surface area (Å²) < 4.78 is 6.26. The number of hydrogen-bond donors (Lipinski definition) is 3. The maximum atomic E-state index is 10.5. The Morgan fingerprint density at radius 1 is 1.25 bits per heavy atom. The predicted molar refractivity (Wildman–Crippen MR) is 93.5 cm³/mol. The average Bonchev–Trinajstić information content (AvgIpc) is 3.19. The minimum Gasteiger partial charge on any atom is -0.507 e. The second kappa shape index (κ2) is 6.01. The Morgan fingerprint density at radius 2 is 2.12 bits per heavy atom. The third-order valence-corrected chi connectivity index (χ3v) is 5.11. The van der Waals surface area contributed by atoms with E-state index in [1.54, 1.807) is 11.3 Å². The third kappa shape index (κ3) is 2.60. The van der Waals surface area contributed by atoms with Crippen molar-refractivity contribution in [2.75, 3.05) is 18.5 Å². The maximum absolute atomic E-state index is 10.5. The minimum atomic E-state index is -0.545. The number of thiophene rings is 1. The van der Waals surface area contributed by atoms with Crippen LogP contribution in [0.5, 0.6) is 5.75 Å². The van der Waals surface area contributed by atoms with Gasteiger partial charge in [0, 0.05) is 15.6 Å². The van der Waals surface area contributed by atoms with E-state index in [0.717, 1.165) is 15.6 Å². The first kappa shape index (κ1) is 15.3. The first-order valence-corrected chi connectivity index (χ1v) is 8.57. The van der Waals surface area contributed by atoms with E-state index in [2.05, 4.69) is 15.5 Å². The molecular formula is C17H17N3O3S. The molecule has 0 spiro atoms. The second-order valence-electron chi connectivity index (χ2n) is 5.91. The number of benzene rings is 1. The van der Waals surface area contributed by atoms with Crippen molar-refractivity contribution < 1.29 is 14.9 Å². The molecule has 124 valence electrons. The summed E-state index contributed by atoms with van der Waals surface area (Å²) in [5, 5.41) is 34.7. The van der Waals surface area contributed by atoms with Crippen molar-refractivity contribution in [2.45, 2.75) is 19.1 Å². The maximum Gasteiger partial charge on any atom is 0.149 e. The molecule has 4 rings (SSSR count). The van der Waals surface area contributed by atoms with E-state index >= 15 is 0 Å². The minimum absolute atomic E-state index is 0.180. The number of hydrogen-bond acceptors (Lipinski definition) is 7. The molecule has 24 heavy (non-hydrogen) atoms. The number of ether oxygens (including phenoxy) is 1. The van der Waals surface area contributed by atoms with Crippen molar-refractivity contribution in [3.8, 4) is 17.0 Å². The Labute approximate surface area is 142 Å². The summed E-state index contributed by atoms with van der Waals surface area (Å²) in [7, 11) is 0. The number of aliphatic hydroxyl groups excluding tert-OH is 1. The standard InChI is InChI=1S/C17H17N3O3S/c1-9-6-15(18-12-7-23-8-13(12)21)19-20-16(9)11-2-3-14-10(17(11)22)4-5-24-14/h2-6,12-13,21-22H,7-8H2,1H3,(H,18,19)/t12-,13-/m1/s1. The van der Waals surface area contributed by atoms with E-state index in [4.69, 9.17) is 4.74 Å². The number of anilines is 1. The van der Waals surface area contributed by atoms with Crippen LogP contribution in [-0.4, -0.2) is 45.8 Å². The van der Waals surface area contributed by atoms with Crippen LogP contribution >= 0.6 is 11.3 Å². The number of aromatic nitrogens is 2. The third-order valence-electron chi connectivity index (χ3n) is 4.23. The normalized spacial score (nSPS) is 20.6. The number of aliphatic hydroxyl groups is 1. The number of phenolic OH excluding ortho intramolecular Hbond substituents is 1. The van der Waals surface area contributed by atoms with Gasteiger partial charge in [-0.3, -0.25) is 0 Å². The molecule has 0 aliphatic carbocycles. The van der Waals surface area contributed by atoms with Crippen LogP contribution in [0.1, 0.15) is 5.56 Å². The van der Waals surface area contributed by atoms with Gasteiger partial charge in [0.25, 0.3) is 0 Å². The van der Waals surface area contributed by atoms with Gasteiger partial charge in [-0.15, -0.1) is 21.5 Å². The van der Waals surface area contributed by atoms with E-state index in [1.165, 1.54) is 0 Å². The molecule has 6 nitrogen and oxygen atoms in total. The molecule has 1 fully saturated rings. The first-order chi connectivity index (χ1) is 11.6. The lowest BCUT2D eigenvalue weighted by Gasteiger charge is -2.16. The summed E-state index contributed by atoms with van der Waals surface area (Å²) >= 11 is 1.59. The molecular weight excluding hydrogens is 326 g/mol. The summed E-state index contributed by atoms with van der Waals surface area (Å²) in [5.74, 6) is 0.813. The van der Waals surface area contributed by atoms with Crippen LogP contribution in [-0.2, 0) is 4.74 Å². The highest BCUT2D eigenvalue weighted by Crippen LogP contribution is 2.38. The Bertz CT molecular complexity index is 896. The van der Waals surface area contributed by atoms with Crippen molar-refractivity contribution >= 4 is 27.2 Å². The number of phenols is 1. The van der Waals surface area contributed by atoms with Crippen molar-refractivity contribution in [1.82, 2.24) is 10.2 Å². The second-order valence-corrected chi connectivity index (χ2v) is 6.86. The molecule has 0 radical (unpaired) electrons. The summed E-state index contributed by atoms with van der Waals surface area (Å²) in [4.78, 5) is 0. The van der Waals surface area contributed by atoms with Gasteiger partial charge in [-0.1, -0.05) is 0 Å². The zero-order chi connectivity index (χ0) is 16.7. The monoisotopic (exact) mass is 343 g/mol.